The quantitative estimate of drug-likeness (QED) is 0.485. The molecule has 0 spiro atoms. The van der Waals surface area contributed by atoms with Crippen molar-refractivity contribution < 1.29 is 9.53 Å². The van der Waals surface area contributed by atoms with Crippen molar-refractivity contribution in [2.75, 3.05) is 11.1 Å². The molecular weight excluding hydrogens is 418 g/mol. The minimum Gasteiger partial charge on any atom is -0.486 e. The summed E-state index contributed by atoms with van der Waals surface area (Å²) < 4.78 is 7.80. The lowest BCUT2D eigenvalue weighted by Crippen LogP contribution is -2.14. The molecule has 3 rings (SSSR count). The van der Waals surface area contributed by atoms with E-state index in [2.05, 4.69) is 47.6 Å². The van der Waals surface area contributed by atoms with Crippen molar-refractivity contribution in [3.8, 4) is 11.8 Å². The average molecular weight is 442 g/mol. The first-order valence-corrected chi connectivity index (χ1v) is 11.4. The van der Waals surface area contributed by atoms with Crippen molar-refractivity contribution in [3.05, 3.63) is 52.7 Å². The SMILES string of the molecule is CCn1c(COc2ccc(C(C)C)cc2)nnc1SCC(=O)Nc1sccc1C#N. The largest absolute Gasteiger partial charge is 0.486 e. The van der Waals surface area contributed by atoms with Gasteiger partial charge < -0.3 is 14.6 Å². The minimum atomic E-state index is -0.187. The van der Waals surface area contributed by atoms with E-state index >= 15 is 0 Å². The standard InChI is InChI=1S/C21H23N5O2S2/c1-4-26-18(12-28-17-7-5-15(6-8-17)14(2)3)24-25-21(26)30-13-19(27)23-20-16(11-22)9-10-29-20/h5-10,14H,4,12-13H2,1-3H3,(H,23,27). The minimum absolute atomic E-state index is 0.179. The third kappa shape index (κ3) is 5.40. The van der Waals surface area contributed by atoms with Crippen LogP contribution in [0.5, 0.6) is 5.75 Å². The summed E-state index contributed by atoms with van der Waals surface area (Å²) >= 11 is 2.64. The molecule has 2 heterocycles. The molecule has 0 saturated carbocycles. The van der Waals surface area contributed by atoms with Crippen LogP contribution in [0.3, 0.4) is 0 Å². The van der Waals surface area contributed by atoms with Gasteiger partial charge in [0, 0.05) is 6.54 Å². The number of rotatable bonds is 9. The van der Waals surface area contributed by atoms with E-state index in [4.69, 9.17) is 10.00 Å². The maximum absolute atomic E-state index is 12.2. The normalized spacial score (nSPS) is 10.8. The number of carbonyl (C=O) groups is 1. The molecule has 0 aliphatic carbocycles. The van der Waals surface area contributed by atoms with Crippen LogP contribution in [0.15, 0.2) is 40.9 Å². The number of nitrogens with zero attached hydrogens (tertiary/aromatic N) is 4. The predicted molar refractivity (Wildman–Crippen MR) is 119 cm³/mol. The van der Waals surface area contributed by atoms with Crippen molar-refractivity contribution in [2.45, 2.75) is 45.0 Å². The van der Waals surface area contributed by atoms with Gasteiger partial charge in [0.15, 0.2) is 11.0 Å². The second kappa shape index (κ2) is 10.3. The molecule has 1 aromatic carbocycles. The van der Waals surface area contributed by atoms with Crippen LogP contribution >= 0.6 is 23.1 Å². The zero-order valence-corrected chi connectivity index (χ0v) is 18.7. The van der Waals surface area contributed by atoms with Gasteiger partial charge in [-0.2, -0.15) is 5.26 Å². The summed E-state index contributed by atoms with van der Waals surface area (Å²) in [5.41, 5.74) is 1.73. The van der Waals surface area contributed by atoms with Gasteiger partial charge in [-0.15, -0.1) is 21.5 Å². The first-order chi connectivity index (χ1) is 14.5. The molecule has 2 aromatic heterocycles. The fourth-order valence-electron chi connectivity index (χ4n) is 2.73. The number of amides is 1. The fourth-order valence-corrected chi connectivity index (χ4v) is 4.31. The van der Waals surface area contributed by atoms with Crippen molar-refractivity contribution in [1.29, 1.82) is 5.26 Å². The van der Waals surface area contributed by atoms with Crippen LogP contribution in [0.2, 0.25) is 0 Å². The van der Waals surface area contributed by atoms with E-state index in [1.165, 1.54) is 28.7 Å². The molecule has 0 fully saturated rings. The number of carbonyl (C=O) groups excluding carboxylic acids is 1. The number of hydrogen-bond donors (Lipinski definition) is 1. The van der Waals surface area contributed by atoms with Crippen LogP contribution < -0.4 is 10.1 Å². The molecule has 1 amide bonds. The molecule has 0 unspecified atom stereocenters. The van der Waals surface area contributed by atoms with Gasteiger partial charge in [0.25, 0.3) is 0 Å². The monoisotopic (exact) mass is 441 g/mol. The van der Waals surface area contributed by atoms with Crippen LogP contribution in [0.4, 0.5) is 5.00 Å². The zero-order valence-electron chi connectivity index (χ0n) is 17.1. The number of nitriles is 1. The number of aromatic nitrogens is 3. The summed E-state index contributed by atoms with van der Waals surface area (Å²) in [6, 6.07) is 11.8. The number of nitrogens with one attached hydrogen (secondary N) is 1. The number of anilines is 1. The molecule has 30 heavy (non-hydrogen) atoms. The lowest BCUT2D eigenvalue weighted by atomic mass is 10.0. The summed E-state index contributed by atoms with van der Waals surface area (Å²) in [5, 5.41) is 23.2. The Balaban J connectivity index is 1.57. The molecule has 3 aromatic rings. The number of thiophene rings is 1. The van der Waals surface area contributed by atoms with Crippen molar-refractivity contribution in [1.82, 2.24) is 14.8 Å². The number of thioether (sulfide) groups is 1. The van der Waals surface area contributed by atoms with E-state index in [0.717, 1.165) is 5.75 Å². The lowest BCUT2D eigenvalue weighted by Gasteiger charge is -2.10. The summed E-state index contributed by atoms with van der Waals surface area (Å²) in [4.78, 5) is 12.2. The second-order valence-electron chi connectivity index (χ2n) is 6.77. The number of benzene rings is 1. The van der Waals surface area contributed by atoms with Crippen molar-refractivity contribution >= 4 is 34.0 Å². The van der Waals surface area contributed by atoms with E-state index in [9.17, 15) is 4.79 Å². The van der Waals surface area contributed by atoms with Gasteiger partial charge >= 0.3 is 0 Å². The van der Waals surface area contributed by atoms with Crippen LogP contribution in [-0.2, 0) is 17.9 Å². The molecule has 0 aliphatic rings. The van der Waals surface area contributed by atoms with Gasteiger partial charge in [0.1, 0.15) is 23.4 Å². The van der Waals surface area contributed by atoms with Crippen molar-refractivity contribution in [3.63, 3.8) is 0 Å². The first kappa shape index (κ1) is 21.9. The second-order valence-corrected chi connectivity index (χ2v) is 8.63. The molecule has 0 aliphatic heterocycles. The molecule has 9 heteroatoms. The van der Waals surface area contributed by atoms with Crippen LogP contribution in [-0.4, -0.2) is 26.4 Å². The Hall–Kier alpha value is -2.83. The highest BCUT2D eigenvalue weighted by atomic mass is 32.2. The molecule has 156 valence electrons. The maximum atomic E-state index is 12.2. The van der Waals surface area contributed by atoms with E-state index in [0.29, 0.717) is 40.6 Å². The Kier molecular flexibility index (Phi) is 7.49. The molecule has 1 N–H and O–H groups in total. The highest BCUT2D eigenvalue weighted by molar-refractivity contribution is 7.99. The molecule has 0 radical (unpaired) electrons. The van der Waals surface area contributed by atoms with Gasteiger partial charge in [-0.3, -0.25) is 4.79 Å². The Bertz CT molecular complexity index is 1030. The van der Waals surface area contributed by atoms with Gasteiger partial charge in [-0.1, -0.05) is 37.7 Å². The predicted octanol–water partition coefficient (Wildman–Crippen LogP) is 4.66. The molecule has 0 bridgehead atoms. The third-order valence-electron chi connectivity index (χ3n) is 4.40. The average Bonchev–Trinajstić information content (AvgIpc) is 3.36. The summed E-state index contributed by atoms with van der Waals surface area (Å²) in [5.74, 6) is 1.96. The Morgan fingerprint density at radius 1 is 1.30 bits per heavy atom. The van der Waals surface area contributed by atoms with Crippen molar-refractivity contribution in [2.24, 2.45) is 0 Å². The lowest BCUT2D eigenvalue weighted by molar-refractivity contribution is -0.113. The fraction of sp³-hybridized carbons (Fsp3) is 0.333. The topological polar surface area (TPSA) is 92.8 Å². The van der Waals surface area contributed by atoms with Gasteiger partial charge in [-0.05, 0) is 42.0 Å². The van der Waals surface area contributed by atoms with E-state index in [1.54, 1.807) is 11.4 Å². The van der Waals surface area contributed by atoms with Gasteiger partial charge in [0.2, 0.25) is 5.91 Å². The van der Waals surface area contributed by atoms with E-state index < -0.39 is 0 Å². The first-order valence-electron chi connectivity index (χ1n) is 9.56. The smallest absolute Gasteiger partial charge is 0.235 e. The van der Waals surface area contributed by atoms with E-state index in [1.807, 2.05) is 23.6 Å². The summed E-state index contributed by atoms with van der Waals surface area (Å²) in [6.07, 6.45) is 0. The molecule has 0 atom stereocenters. The van der Waals surface area contributed by atoms with Crippen LogP contribution in [0.25, 0.3) is 0 Å². The highest BCUT2D eigenvalue weighted by Crippen LogP contribution is 2.24. The number of hydrogen-bond acceptors (Lipinski definition) is 7. The Morgan fingerprint density at radius 2 is 2.07 bits per heavy atom. The highest BCUT2D eigenvalue weighted by Gasteiger charge is 2.15. The van der Waals surface area contributed by atoms with Crippen LogP contribution in [0, 0.1) is 11.3 Å². The summed E-state index contributed by atoms with van der Waals surface area (Å²) in [7, 11) is 0. The number of ether oxygens (including phenoxy) is 1. The van der Waals surface area contributed by atoms with Crippen LogP contribution in [0.1, 0.15) is 43.6 Å². The zero-order chi connectivity index (χ0) is 21.5. The molecule has 0 saturated heterocycles. The Morgan fingerprint density at radius 3 is 2.73 bits per heavy atom. The molecular formula is C21H23N5O2S2. The summed E-state index contributed by atoms with van der Waals surface area (Å²) in [6.45, 7) is 7.28. The Labute approximate surface area is 184 Å². The van der Waals surface area contributed by atoms with E-state index in [-0.39, 0.29) is 11.7 Å². The van der Waals surface area contributed by atoms with Gasteiger partial charge in [-0.25, -0.2) is 0 Å². The molecule has 7 nitrogen and oxygen atoms in total. The van der Waals surface area contributed by atoms with Gasteiger partial charge in [0.05, 0.1) is 11.3 Å². The maximum Gasteiger partial charge on any atom is 0.235 e. The third-order valence-corrected chi connectivity index (χ3v) is 6.19.